The minimum absolute atomic E-state index is 0.0374. The minimum atomic E-state index is 0.0374. The molecule has 0 aliphatic heterocycles. The van der Waals surface area contributed by atoms with Crippen LogP contribution < -0.4 is 11.1 Å². The topological polar surface area (TPSA) is 55.1 Å². The highest BCUT2D eigenvalue weighted by Crippen LogP contribution is 2.41. The number of ketones is 1. The van der Waals surface area contributed by atoms with Gasteiger partial charge in [-0.3, -0.25) is 4.79 Å². The van der Waals surface area contributed by atoms with Crippen LogP contribution in [0.15, 0.2) is 4.90 Å². The maximum absolute atomic E-state index is 11.4. The lowest BCUT2D eigenvalue weighted by molar-refractivity contribution is 0.102. The van der Waals surface area contributed by atoms with Crippen LogP contribution in [0.5, 0.6) is 0 Å². The molecule has 0 bridgehead atoms. The molecule has 16 heavy (non-hydrogen) atoms. The highest BCUT2D eigenvalue weighted by molar-refractivity contribution is 7.99. The zero-order valence-electron chi connectivity index (χ0n) is 10.1. The molecule has 1 rings (SSSR count). The molecule has 0 aliphatic carbocycles. The molecule has 0 spiro atoms. The van der Waals surface area contributed by atoms with Gasteiger partial charge in [-0.05, 0) is 12.2 Å². The van der Waals surface area contributed by atoms with Gasteiger partial charge in [0.25, 0.3) is 0 Å². The van der Waals surface area contributed by atoms with E-state index in [1.165, 1.54) is 11.3 Å². The molecule has 0 atom stereocenters. The van der Waals surface area contributed by atoms with Crippen molar-refractivity contribution in [2.24, 2.45) is 5.92 Å². The van der Waals surface area contributed by atoms with E-state index in [-0.39, 0.29) is 5.78 Å². The molecule has 0 amide bonds. The van der Waals surface area contributed by atoms with Crippen molar-refractivity contribution in [1.82, 2.24) is 0 Å². The quantitative estimate of drug-likeness (QED) is 0.628. The Labute approximate surface area is 105 Å². The van der Waals surface area contributed by atoms with Gasteiger partial charge < -0.3 is 11.1 Å². The lowest BCUT2D eigenvalue weighted by Crippen LogP contribution is -2.07. The fourth-order valence-electron chi connectivity index (χ4n) is 1.31. The maximum Gasteiger partial charge on any atom is 0.171 e. The molecule has 5 heteroatoms. The molecule has 90 valence electrons. The van der Waals surface area contributed by atoms with Crippen LogP contribution in [0, 0.1) is 5.92 Å². The summed E-state index contributed by atoms with van der Waals surface area (Å²) < 4.78 is 0. The van der Waals surface area contributed by atoms with Crippen molar-refractivity contribution < 1.29 is 4.79 Å². The molecule has 0 radical (unpaired) electrons. The van der Waals surface area contributed by atoms with Gasteiger partial charge in [0.05, 0.1) is 15.5 Å². The van der Waals surface area contributed by atoms with Gasteiger partial charge in [0.1, 0.15) is 5.00 Å². The van der Waals surface area contributed by atoms with Crippen LogP contribution >= 0.6 is 23.1 Å². The van der Waals surface area contributed by atoms with Crippen molar-refractivity contribution in [3.63, 3.8) is 0 Å². The van der Waals surface area contributed by atoms with E-state index in [0.29, 0.717) is 16.5 Å². The molecule has 1 aromatic rings. The molecule has 1 heterocycles. The van der Waals surface area contributed by atoms with Crippen molar-refractivity contribution in [1.29, 1.82) is 0 Å². The summed E-state index contributed by atoms with van der Waals surface area (Å²) in [6.07, 6.45) is 1.98. The summed E-state index contributed by atoms with van der Waals surface area (Å²) in [5.41, 5.74) is 6.57. The largest absolute Gasteiger partial charge is 0.396 e. The van der Waals surface area contributed by atoms with Gasteiger partial charge in [0.2, 0.25) is 0 Å². The number of thioether (sulfide) groups is 1. The van der Waals surface area contributed by atoms with Crippen molar-refractivity contribution in [2.75, 3.05) is 23.9 Å². The first-order valence-electron chi connectivity index (χ1n) is 5.18. The molecule has 0 saturated heterocycles. The standard InChI is InChI=1S/C11H18N2OS2/c1-6(2)5-13-11-10(15-4)8(12)9(16-11)7(3)14/h6,13H,5,12H2,1-4H3. The zero-order valence-corrected chi connectivity index (χ0v) is 11.7. The number of nitrogens with two attached hydrogens (primary N) is 1. The Balaban J connectivity index is 2.99. The average molecular weight is 258 g/mol. The molecule has 0 saturated carbocycles. The Morgan fingerprint density at radius 2 is 2.19 bits per heavy atom. The first-order valence-corrected chi connectivity index (χ1v) is 7.22. The van der Waals surface area contributed by atoms with E-state index in [4.69, 9.17) is 5.73 Å². The molecule has 0 aliphatic rings. The average Bonchev–Trinajstić information content (AvgIpc) is 2.51. The van der Waals surface area contributed by atoms with Crippen LogP contribution in [-0.4, -0.2) is 18.6 Å². The second-order valence-corrected chi connectivity index (χ2v) is 5.88. The fourth-order valence-corrected chi connectivity index (χ4v) is 3.24. The summed E-state index contributed by atoms with van der Waals surface area (Å²) in [4.78, 5) is 13.0. The predicted molar refractivity (Wildman–Crippen MR) is 73.8 cm³/mol. The first kappa shape index (κ1) is 13.4. The number of nitrogens with one attached hydrogen (secondary N) is 1. The lowest BCUT2D eigenvalue weighted by atomic mass is 10.2. The highest BCUT2D eigenvalue weighted by atomic mass is 32.2. The minimum Gasteiger partial charge on any atom is -0.396 e. The van der Waals surface area contributed by atoms with Gasteiger partial charge in [-0.25, -0.2) is 0 Å². The van der Waals surface area contributed by atoms with Gasteiger partial charge in [-0.15, -0.1) is 23.1 Å². The number of hydrogen-bond acceptors (Lipinski definition) is 5. The summed E-state index contributed by atoms with van der Waals surface area (Å²) in [6.45, 7) is 6.74. The molecule has 1 aromatic heterocycles. The van der Waals surface area contributed by atoms with Crippen LogP contribution in [0.25, 0.3) is 0 Å². The predicted octanol–water partition coefficient (Wildman–Crippen LogP) is 3.32. The second kappa shape index (κ2) is 5.59. The molecule has 0 aromatic carbocycles. The van der Waals surface area contributed by atoms with E-state index in [0.717, 1.165) is 16.4 Å². The SMILES string of the molecule is CSc1c(NCC(C)C)sc(C(C)=O)c1N. The molecule has 0 fully saturated rings. The van der Waals surface area contributed by atoms with Gasteiger partial charge in [0, 0.05) is 13.5 Å². The number of carbonyl (C=O) groups excluding carboxylic acids is 1. The van der Waals surface area contributed by atoms with Crippen molar-refractivity contribution in [2.45, 2.75) is 25.7 Å². The summed E-state index contributed by atoms with van der Waals surface area (Å²) in [5, 5.41) is 4.36. The fraction of sp³-hybridized carbons (Fsp3) is 0.545. The molecular formula is C11H18N2OS2. The Morgan fingerprint density at radius 3 is 2.62 bits per heavy atom. The molecule has 3 N–H and O–H groups in total. The number of anilines is 2. The normalized spacial score (nSPS) is 10.8. The van der Waals surface area contributed by atoms with Crippen LogP contribution in [-0.2, 0) is 0 Å². The van der Waals surface area contributed by atoms with Gasteiger partial charge >= 0.3 is 0 Å². The lowest BCUT2D eigenvalue weighted by Gasteiger charge is -2.08. The Hall–Kier alpha value is -0.680. The second-order valence-electron chi connectivity index (χ2n) is 4.04. The summed E-state index contributed by atoms with van der Waals surface area (Å²) in [6, 6.07) is 0. The number of carbonyl (C=O) groups is 1. The monoisotopic (exact) mass is 258 g/mol. The summed E-state index contributed by atoms with van der Waals surface area (Å²) in [5.74, 6) is 0.606. The zero-order chi connectivity index (χ0) is 12.3. The number of nitrogen functional groups attached to an aromatic ring is 1. The Bertz CT molecular complexity index is 386. The van der Waals surface area contributed by atoms with Crippen LogP contribution in [0.2, 0.25) is 0 Å². The highest BCUT2D eigenvalue weighted by Gasteiger charge is 2.17. The molecule has 0 unspecified atom stereocenters. The van der Waals surface area contributed by atoms with Gasteiger partial charge in [-0.2, -0.15) is 0 Å². The Morgan fingerprint density at radius 1 is 1.56 bits per heavy atom. The first-order chi connectivity index (χ1) is 7.47. The summed E-state index contributed by atoms with van der Waals surface area (Å²) >= 11 is 3.04. The third kappa shape index (κ3) is 2.92. The molecule has 3 nitrogen and oxygen atoms in total. The number of thiophene rings is 1. The van der Waals surface area contributed by atoms with Crippen LogP contribution in [0.3, 0.4) is 0 Å². The van der Waals surface area contributed by atoms with Gasteiger partial charge in [0.15, 0.2) is 5.78 Å². The van der Waals surface area contributed by atoms with E-state index in [2.05, 4.69) is 19.2 Å². The summed E-state index contributed by atoms with van der Waals surface area (Å²) in [7, 11) is 0. The van der Waals surface area contributed by atoms with E-state index < -0.39 is 0 Å². The van der Waals surface area contributed by atoms with Gasteiger partial charge in [-0.1, -0.05) is 13.8 Å². The number of rotatable bonds is 5. The smallest absolute Gasteiger partial charge is 0.171 e. The number of hydrogen-bond donors (Lipinski definition) is 2. The van der Waals surface area contributed by atoms with E-state index in [9.17, 15) is 4.79 Å². The third-order valence-corrected chi connectivity index (χ3v) is 4.32. The third-order valence-electron chi connectivity index (χ3n) is 2.09. The Kier molecular flexibility index (Phi) is 4.68. The van der Waals surface area contributed by atoms with E-state index in [1.54, 1.807) is 18.7 Å². The van der Waals surface area contributed by atoms with Crippen molar-refractivity contribution >= 4 is 39.6 Å². The molecular weight excluding hydrogens is 240 g/mol. The number of Topliss-reactive ketones (excluding diaryl/α,β-unsaturated/α-hetero) is 1. The van der Waals surface area contributed by atoms with E-state index in [1.807, 2.05) is 6.26 Å². The van der Waals surface area contributed by atoms with Crippen LogP contribution in [0.4, 0.5) is 10.7 Å². The van der Waals surface area contributed by atoms with E-state index >= 15 is 0 Å². The van der Waals surface area contributed by atoms with Crippen LogP contribution in [0.1, 0.15) is 30.4 Å². The maximum atomic E-state index is 11.4. The van der Waals surface area contributed by atoms with Crippen molar-refractivity contribution in [3.05, 3.63) is 4.88 Å². The van der Waals surface area contributed by atoms with Crippen molar-refractivity contribution in [3.8, 4) is 0 Å².